The second-order valence-corrected chi connectivity index (χ2v) is 5.04. The highest BCUT2D eigenvalue weighted by Gasteiger charge is 2.34. The number of aromatic nitrogens is 3. The van der Waals surface area contributed by atoms with Crippen LogP contribution >= 0.6 is 0 Å². The van der Waals surface area contributed by atoms with Crippen LogP contribution in [-0.2, 0) is 0 Å². The van der Waals surface area contributed by atoms with E-state index in [0.717, 1.165) is 25.9 Å². The number of hydrogen-bond donors (Lipinski definition) is 1. The van der Waals surface area contributed by atoms with Crippen LogP contribution in [0.3, 0.4) is 0 Å². The molecule has 1 saturated heterocycles. The van der Waals surface area contributed by atoms with Crippen LogP contribution in [0.4, 0.5) is 11.9 Å². The van der Waals surface area contributed by atoms with E-state index in [1.165, 1.54) is 0 Å². The zero-order chi connectivity index (χ0) is 13.2. The SMILES string of the molecule is CCNc1nc(OC)nc(N2CCCC2(C)C)n1. The van der Waals surface area contributed by atoms with Crippen molar-refractivity contribution in [2.24, 2.45) is 0 Å². The van der Waals surface area contributed by atoms with E-state index in [1.807, 2.05) is 6.92 Å². The number of hydrogen-bond acceptors (Lipinski definition) is 6. The Bertz CT molecular complexity index is 421. The summed E-state index contributed by atoms with van der Waals surface area (Å²) in [4.78, 5) is 15.2. The van der Waals surface area contributed by atoms with Crippen LogP contribution in [-0.4, -0.2) is 40.7 Å². The van der Waals surface area contributed by atoms with Gasteiger partial charge < -0.3 is 15.0 Å². The molecule has 1 N–H and O–H groups in total. The molecule has 0 unspecified atom stereocenters. The zero-order valence-corrected chi connectivity index (χ0v) is 11.5. The molecule has 1 aliphatic heterocycles. The Balaban J connectivity index is 2.34. The first-order valence-electron chi connectivity index (χ1n) is 6.38. The molecule has 1 aromatic heterocycles. The molecule has 18 heavy (non-hydrogen) atoms. The molecule has 2 heterocycles. The summed E-state index contributed by atoms with van der Waals surface area (Å²) in [7, 11) is 1.57. The number of nitrogens with zero attached hydrogens (tertiary/aromatic N) is 4. The molecule has 1 aromatic rings. The largest absolute Gasteiger partial charge is 0.467 e. The molecule has 0 atom stereocenters. The molecule has 0 amide bonds. The van der Waals surface area contributed by atoms with Crippen LogP contribution in [0.25, 0.3) is 0 Å². The number of methoxy groups -OCH3 is 1. The summed E-state index contributed by atoms with van der Waals surface area (Å²) in [5.41, 5.74) is 0.0931. The van der Waals surface area contributed by atoms with Crippen LogP contribution in [0.1, 0.15) is 33.6 Å². The fraction of sp³-hybridized carbons (Fsp3) is 0.750. The summed E-state index contributed by atoms with van der Waals surface area (Å²) in [5.74, 6) is 1.27. The van der Waals surface area contributed by atoms with Gasteiger partial charge in [0, 0.05) is 18.6 Å². The van der Waals surface area contributed by atoms with Gasteiger partial charge in [0.25, 0.3) is 0 Å². The maximum Gasteiger partial charge on any atom is 0.322 e. The number of nitrogens with one attached hydrogen (secondary N) is 1. The fourth-order valence-corrected chi connectivity index (χ4v) is 2.27. The van der Waals surface area contributed by atoms with E-state index in [9.17, 15) is 0 Å². The molecule has 1 fully saturated rings. The minimum absolute atomic E-state index is 0.0931. The van der Waals surface area contributed by atoms with Gasteiger partial charge in [0.1, 0.15) is 0 Å². The van der Waals surface area contributed by atoms with E-state index in [2.05, 4.69) is 39.0 Å². The van der Waals surface area contributed by atoms with E-state index in [-0.39, 0.29) is 5.54 Å². The van der Waals surface area contributed by atoms with Gasteiger partial charge in [-0.05, 0) is 33.6 Å². The molecule has 0 spiro atoms. The Morgan fingerprint density at radius 3 is 2.67 bits per heavy atom. The monoisotopic (exact) mass is 251 g/mol. The highest BCUT2D eigenvalue weighted by atomic mass is 16.5. The topological polar surface area (TPSA) is 63.2 Å². The first-order valence-corrected chi connectivity index (χ1v) is 6.38. The van der Waals surface area contributed by atoms with E-state index < -0.39 is 0 Å². The molecule has 0 aromatic carbocycles. The predicted molar refractivity (Wildman–Crippen MR) is 71.2 cm³/mol. The van der Waals surface area contributed by atoms with Gasteiger partial charge in [-0.25, -0.2) is 0 Å². The standard InChI is InChI=1S/C12H21N5O/c1-5-13-9-14-10(16-11(15-9)18-4)17-8-6-7-12(17,2)3/h5-8H2,1-4H3,(H,13,14,15,16). The lowest BCUT2D eigenvalue weighted by Gasteiger charge is -2.31. The summed E-state index contributed by atoms with van der Waals surface area (Å²) >= 11 is 0. The van der Waals surface area contributed by atoms with Crippen molar-refractivity contribution in [3.05, 3.63) is 0 Å². The number of anilines is 2. The second-order valence-electron chi connectivity index (χ2n) is 5.04. The van der Waals surface area contributed by atoms with Gasteiger partial charge in [-0.2, -0.15) is 15.0 Å². The summed E-state index contributed by atoms with van der Waals surface area (Å²) in [6, 6.07) is 0.360. The molecule has 2 rings (SSSR count). The van der Waals surface area contributed by atoms with Gasteiger partial charge in [0.15, 0.2) is 0 Å². The van der Waals surface area contributed by atoms with E-state index in [4.69, 9.17) is 4.74 Å². The molecular weight excluding hydrogens is 230 g/mol. The van der Waals surface area contributed by atoms with Crippen LogP contribution in [0.5, 0.6) is 6.01 Å². The van der Waals surface area contributed by atoms with Crippen molar-refractivity contribution in [2.45, 2.75) is 39.2 Å². The number of ether oxygens (including phenoxy) is 1. The molecule has 0 saturated carbocycles. The maximum absolute atomic E-state index is 5.14. The smallest absolute Gasteiger partial charge is 0.322 e. The van der Waals surface area contributed by atoms with Gasteiger partial charge in [0.05, 0.1) is 7.11 Å². The van der Waals surface area contributed by atoms with Gasteiger partial charge in [-0.1, -0.05) is 0 Å². The van der Waals surface area contributed by atoms with Gasteiger partial charge in [0.2, 0.25) is 11.9 Å². The fourth-order valence-electron chi connectivity index (χ4n) is 2.27. The van der Waals surface area contributed by atoms with E-state index >= 15 is 0 Å². The van der Waals surface area contributed by atoms with Gasteiger partial charge in [-0.15, -0.1) is 0 Å². The quantitative estimate of drug-likeness (QED) is 0.878. The highest BCUT2D eigenvalue weighted by Crippen LogP contribution is 2.32. The van der Waals surface area contributed by atoms with Crippen molar-refractivity contribution in [3.63, 3.8) is 0 Å². The van der Waals surface area contributed by atoms with Crippen LogP contribution in [0.2, 0.25) is 0 Å². The molecule has 100 valence electrons. The first-order chi connectivity index (χ1) is 8.56. The Kier molecular flexibility index (Phi) is 3.54. The number of rotatable bonds is 4. The van der Waals surface area contributed by atoms with Crippen molar-refractivity contribution in [1.82, 2.24) is 15.0 Å². The summed E-state index contributed by atoms with van der Waals surface area (Å²) in [5, 5.41) is 3.10. The van der Waals surface area contributed by atoms with Crippen molar-refractivity contribution >= 4 is 11.9 Å². The first kappa shape index (κ1) is 12.9. The van der Waals surface area contributed by atoms with Gasteiger partial charge >= 0.3 is 6.01 Å². The minimum atomic E-state index is 0.0931. The third-order valence-electron chi connectivity index (χ3n) is 3.26. The average Bonchev–Trinajstić information content (AvgIpc) is 2.69. The van der Waals surface area contributed by atoms with Gasteiger partial charge in [-0.3, -0.25) is 0 Å². The third-order valence-corrected chi connectivity index (χ3v) is 3.26. The highest BCUT2D eigenvalue weighted by molar-refractivity contribution is 5.42. The molecule has 0 bridgehead atoms. The molecule has 0 radical (unpaired) electrons. The van der Waals surface area contributed by atoms with Crippen LogP contribution in [0, 0.1) is 0 Å². The normalized spacial score (nSPS) is 17.9. The van der Waals surface area contributed by atoms with Crippen molar-refractivity contribution in [2.75, 3.05) is 30.4 Å². The average molecular weight is 251 g/mol. The zero-order valence-electron chi connectivity index (χ0n) is 11.5. The minimum Gasteiger partial charge on any atom is -0.467 e. The van der Waals surface area contributed by atoms with E-state index in [1.54, 1.807) is 7.11 Å². The second kappa shape index (κ2) is 4.96. The van der Waals surface area contributed by atoms with Crippen LogP contribution in [0.15, 0.2) is 0 Å². The lowest BCUT2D eigenvalue weighted by Crippen LogP contribution is -2.39. The van der Waals surface area contributed by atoms with E-state index in [0.29, 0.717) is 17.9 Å². The lowest BCUT2D eigenvalue weighted by atomic mass is 10.0. The Morgan fingerprint density at radius 1 is 1.33 bits per heavy atom. The molecule has 1 aliphatic rings. The Morgan fingerprint density at radius 2 is 2.11 bits per heavy atom. The third kappa shape index (κ3) is 2.47. The molecular formula is C12H21N5O. The molecule has 6 heteroatoms. The maximum atomic E-state index is 5.14. The Labute approximate surface area is 108 Å². The predicted octanol–water partition coefficient (Wildman–Crippen LogP) is 1.69. The summed E-state index contributed by atoms with van der Waals surface area (Å²) < 4.78 is 5.14. The molecule has 0 aliphatic carbocycles. The Hall–Kier alpha value is -1.59. The van der Waals surface area contributed by atoms with Crippen molar-refractivity contribution in [1.29, 1.82) is 0 Å². The van der Waals surface area contributed by atoms with Crippen molar-refractivity contribution in [3.8, 4) is 6.01 Å². The lowest BCUT2D eigenvalue weighted by molar-refractivity contribution is 0.377. The summed E-state index contributed by atoms with van der Waals surface area (Å²) in [6.07, 6.45) is 2.31. The summed E-state index contributed by atoms with van der Waals surface area (Å²) in [6.45, 7) is 8.18. The van der Waals surface area contributed by atoms with Crippen molar-refractivity contribution < 1.29 is 4.74 Å². The molecule has 6 nitrogen and oxygen atoms in total. The van der Waals surface area contributed by atoms with Crippen LogP contribution < -0.4 is 15.0 Å².